The van der Waals surface area contributed by atoms with Gasteiger partial charge in [-0.05, 0) is 45.2 Å². The van der Waals surface area contributed by atoms with Gasteiger partial charge in [0.2, 0.25) is 0 Å². The van der Waals surface area contributed by atoms with Crippen LogP contribution in [0.25, 0.3) is 0 Å². The summed E-state index contributed by atoms with van der Waals surface area (Å²) in [7, 11) is -4.04. The van der Waals surface area contributed by atoms with Gasteiger partial charge in [-0.3, -0.25) is 9.79 Å². The molecule has 0 spiro atoms. The van der Waals surface area contributed by atoms with Crippen molar-refractivity contribution in [1.82, 2.24) is 9.29 Å². The number of piperidine rings is 1. The maximum absolute atomic E-state index is 13.5. The molecular formula is C24H26ClF3N4O3S. The SMILES string of the molecule is CC(C)(C)N1C(=O)C(=NC2CCN(c3ncc(C(F)(F)F)cc3Cl)CC2)C(c2ccccc2)S1(=O)=O. The predicted molar refractivity (Wildman–Crippen MR) is 132 cm³/mol. The summed E-state index contributed by atoms with van der Waals surface area (Å²) in [5.74, 6) is -0.386. The van der Waals surface area contributed by atoms with Gasteiger partial charge in [0, 0.05) is 19.3 Å². The highest BCUT2D eigenvalue weighted by atomic mass is 35.5. The lowest BCUT2D eigenvalue weighted by atomic mass is 10.0. The van der Waals surface area contributed by atoms with Crippen LogP contribution in [0.1, 0.15) is 50.0 Å². The minimum absolute atomic E-state index is 0.0136. The Balaban J connectivity index is 1.60. The average Bonchev–Trinajstić information content (AvgIpc) is 2.98. The average molecular weight is 543 g/mol. The van der Waals surface area contributed by atoms with E-state index in [4.69, 9.17) is 11.6 Å². The molecule has 1 aromatic heterocycles. The van der Waals surface area contributed by atoms with Gasteiger partial charge in [0.1, 0.15) is 11.5 Å². The van der Waals surface area contributed by atoms with Crippen LogP contribution in [0.4, 0.5) is 19.0 Å². The Hall–Kier alpha value is -2.66. The van der Waals surface area contributed by atoms with E-state index >= 15 is 0 Å². The number of alkyl halides is 3. The Labute approximate surface area is 213 Å². The minimum atomic E-state index is -4.54. The Morgan fingerprint density at radius 1 is 1.08 bits per heavy atom. The predicted octanol–water partition coefficient (Wildman–Crippen LogP) is 4.88. The molecule has 2 aromatic rings. The third-order valence-corrected chi connectivity index (χ3v) is 8.74. The first-order chi connectivity index (χ1) is 16.7. The normalized spacial score (nSPS) is 22.5. The number of carbonyl (C=O) groups is 1. The third-order valence-electron chi connectivity index (χ3n) is 6.15. The molecule has 2 aliphatic rings. The molecule has 36 heavy (non-hydrogen) atoms. The molecule has 0 N–H and O–H groups in total. The molecule has 4 rings (SSSR count). The molecule has 1 aromatic carbocycles. The third kappa shape index (κ3) is 4.95. The number of sulfonamides is 1. The fourth-order valence-electron chi connectivity index (χ4n) is 4.57. The quantitative estimate of drug-likeness (QED) is 0.552. The molecule has 0 bridgehead atoms. The Morgan fingerprint density at radius 2 is 1.69 bits per heavy atom. The van der Waals surface area contributed by atoms with E-state index < -0.39 is 38.5 Å². The number of amides is 1. The zero-order chi connectivity index (χ0) is 26.5. The summed E-state index contributed by atoms with van der Waals surface area (Å²) >= 11 is 6.09. The van der Waals surface area contributed by atoms with Crippen molar-refractivity contribution in [2.24, 2.45) is 4.99 Å². The number of carbonyl (C=O) groups excluding carboxylic acids is 1. The number of rotatable bonds is 3. The van der Waals surface area contributed by atoms with E-state index in [1.165, 1.54) is 0 Å². The molecule has 0 saturated carbocycles. The van der Waals surface area contributed by atoms with Crippen molar-refractivity contribution in [3.63, 3.8) is 0 Å². The van der Waals surface area contributed by atoms with Crippen LogP contribution in [0.5, 0.6) is 0 Å². The number of pyridine rings is 1. The Morgan fingerprint density at radius 3 is 2.22 bits per heavy atom. The highest BCUT2D eigenvalue weighted by Crippen LogP contribution is 2.40. The molecular weight excluding hydrogens is 517 g/mol. The van der Waals surface area contributed by atoms with Crippen LogP contribution in [-0.4, -0.2) is 54.0 Å². The number of halogens is 4. The molecule has 7 nitrogen and oxygen atoms in total. The summed E-state index contributed by atoms with van der Waals surface area (Å²) in [5.41, 5.74) is -1.43. The van der Waals surface area contributed by atoms with Crippen LogP contribution >= 0.6 is 11.6 Å². The van der Waals surface area contributed by atoms with Crippen molar-refractivity contribution in [2.45, 2.75) is 56.6 Å². The van der Waals surface area contributed by atoms with E-state index in [-0.39, 0.29) is 22.6 Å². The summed E-state index contributed by atoms with van der Waals surface area (Å²) < 4.78 is 66.7. The van der Waals surface area contributed by atoms with Gasteiger partial charge in [-0.2, -0.15) is 13.2 Å². The fourth-order valence-corrected chi connectivity index (χ4v) is 7.10. The second-order valence-electron chi connectivity index (χ2n) is 9.84. The standard InChI is InChI=1S/C24H26ClF3N4O3S/c1-23(2,3)32-22(33)19(20(36(32,34)35)15-7-5-4-6-8-15)30-17-9-11-31(12-10-17)21-18(25)13-16(14-29-21)24(26,27)28/h4-8,13-14,17,20H,9-12H2,1-3H3. The summed E-state index contributed by atoms with van der Waals surface area (Å²) in [4.78, 5) is 23.7. The maximum atomic E-state index is 13.5. The smallest absolute Gasteiger partial charge is 0.355 e. The highest BCUT2D eigenvalue weighted by Gasteiger charge is 2.54. The highest BCUT2D eigenvalue weighted by molar-refractivity contribution is 7.91. The number of hydrogen-bond acceptors (Lipinski definition) is 6. The second kappa shape index (κ2) is 9.33. The molecule has 2 fully saturated rings. The van der Waals surface area contributed by atoms with Crippen LogP contribution in [0.15, 0.2) is 47.6 Å². The van der Waals surface area contributed by atoms with E-state index in [0.29, 0.717) is 31.5 Å². The molecule has 2 saturated heterocycles. The van der Waals surface area contributed by atoms with Crippen molar-refractivity contribution in [3.8, 4) is 0 Å². The van der Waals surface area contributed by atoms with Gasteiger partial charge in [0.05, 0.1) is 22.2 Å². The van der Waals surface area contributed by atoms with E-state index in [9.17, 15) is 26.4 Å². The van der Waals surface area contributed by atoms with Crippen molar-refractivity contribution in [1.29, 1.82) is 0 Å². The first-order valence-corrected chi connectivity index (χ1v) is 13.3. The van der Waals surface area contributed by atoms with Crippen LogP contribution in [0.2, 0.25) is 5.02 Å². The van der Waals surface area contributed by atoms with E-state index in [0.717, 1.165) is 16.6 Å². The van der Waals surface area contributed by atoms with Gasteiger partial charge in [0.25, 0.3) is 15.9 Å². The number of anilines is 1. The van der Waals surface area contributed by atoms with Crippen LogP contribution in [-0.2, 0) is 21.0 Å². The number of aliphatic imine (C=N–C) groups is 1. The molecule has 3 heterocycles. The first-order valence-electron chi connectivity index (χ1n) is 11.4. The molecule has 12 heteroatoms. The first kappa shape index (κ1) is 26.4. The van der Waals surface area contributed by atoms with Crippen molar-refractivity contribution < 1.29 is 26.4 Å². The maximum Gasteiger partial charge on any atom is 0.417 e. The monoisotopic (exact) mass is 542 g/mol. The molecule has 1 unspecified atom stereocenters. The van der Waals surface area contributed by atoms with Gasteiger partial charge in [-0.25, -0.2) is 17.7 Å². The van der Waals surface area contributed by atoms with Gasteiger partial charge < -0.3 is 4.90 Å². The zero-order valence-corrected chi connectivity index (χ0v) is 21.5. The summed E-state index contributed by atoms with van der Waals surface area (Å²) in [5, 5.41) is -1.30. The van der Waals surface area contributed by atoms with Crippen molar-refractivity contribution in [2.75, 3.05) is 18.0 Å². The van der Waals surface area contributed by atoms with E-state index in [1.807, 2.05) is 0 Å². The lowest BCUT2D eigenvalue weighted by molar-refractivity contribution is -0.137. The number of nitrogens with zero attached hydrogens (tertiary/aromatic N) is 4. The van der Waals surface area contributed by atoms with Gasteiger partial charge >= 0.3 is 6.18 Å². The van der Waals surface area contributed by atoms with Gasteiger partial charge in [-0.1, -0.05) is 41.9 Å². The minimum Gasteiger partial charge on any atom is -0.355 e. The topological polar surface area (TPSA) is 82.9 Å². The summed E-state index contributed by atoms with van der Waals surface area (Å²) in [6.45, 7) is 5.76. The second-order valence-corrected chi connectivity index (χ2v) is 12.1. The number of aromatic nitrogens is 1. The largest absolute Gasteiger partial charge is 0.417 e. The lowest BCUT2D eigenvalue weighted by Gasteiger charge is -2.32. The Bertz CT molecular complexity index is 1290. The zero-order valence-electron chi connectivity index (χ0n) is 20.0. The van der Waals surface area contributed by atoms with Crippen molar-refractivity contribution >= 4 is 39.1 Å². The fraction of sp³-hybridized carbons (Fsp3) is 0.458. The number of benzene rings is 1. The van der Waals surface area contributed by atoms with Gasteiger partial charge in [-0.15, -0.1) is 0 Å². The van der Waals surface area contributed by atoms with E-state index in [2.05, 4.69) is 9.98 Å². The summed E-state index contributed by atoms with van der Waals surface area (Å²) in [6.07, 6.45) is -2.89. The molecule has 2 aliphatic heterocycles. The summed E-state index contributed by atoms with van der Waals surface area (Å²) in [6, 6.07) is 9.04. The molecule has 194 valence electrons. The molecule has 0 radical (unpaired) electrons. The molecule has 0 aliphatic carbocycles. The van der Waals surface area contributed by atoms with Crippen LogP contribution in [0.3, 0.4) is 0 Å². The van der Waals surface area contributed by atoms with Crippen molar-refractivity contribution in [3.05, 3.63) is 58.7 Å². The van der Waals surface area contributed by atoms with Gasteiger partial charge in [0.15, 0.2) is 5.25 Å². The molecule has 1 atom stereocenters. The van der Waals surface area contributed by atoms with E-state index in [1.54, 1.807) is 56.0 Å². The lowest BCUT2D eigenvalue weighted by Crippen LogP contribution is -2.45. The Kier molecular flexibility index (Phi) is 6.85. The van der Waals surface area contributed by atoms with Crippen LogP contribution in [0, 0.1) is 0 Å². The molecule has 1 amide bonds. The number of hydrogen-bond donors (Lipinski definition) is 0. The van der Waals surface area contributed by atoms with Crippen LogP contribution < -0.4 is 4.90 Å².